The lowest BCUT2D eigenvalue weighted by Crippen LogP contribution is -2.20. The first-order valence-electron chi connectivity index (χ1n) is 6.82. The van der Waals surface area contributed by atoms with E-state index in [2.05, 4.69) is 4.98 Å². The molecule has 6 heteroatoms. The number of aromatic nitrogens is 1. The summed E-state index contributed by atoms with van der Waals surface area (Å²) in [5.74, 6) is 0.172. The molecule has 0 saturated heterocycles. The third-order valence-electron chi connectivity index (χ3n) is 3.89. The van der Waals surface area contributed by atoms with Crippen LogP contribution in [0.5, 0.6) is 0 Å². The lowest BCUT2D eigenvalue weighted by Gasteiger charge is -2.26. The molecular formula is C15H15ClF3NO. The van der Waals surface area contributed by atoms with Crippen LogP contribution in [-0.2, 0) is 17.3 Å². The molecule has 0 bridgehead atoms. The Kier molecular flexibility index (Phi) is 3.45. The molecule has 2 nitrogen and oxygen atoms in total. The van der Waals surface area contributed by atoms with E-state index in [0.29, 0.717) is 29.1 Å². The van der Waals surface area contributed by atoms with Gasteiger partial charge in [-0.05, 0) is 30.0 Å². The van der Waals surface area contributed by atoms with E-state index in [1.165, 1.54) is 6.07 Å². The minimum absolute atomic E-state index is 0.172. The molecule has 0 saturated carbocycles. The molecule has 1 aliphatic heterocycles. The number of nitrogens with one attached hydrogen (secondary N) is 1. The van der Waals surface area contributed by atoms with Crippen LogP contribution in [-0.4, -0.2) is 11.6 Å². The molecule has 1 aliphatic rings. The number of H-pyrrole nitrogens is 1. The highest BCUT2D eigenvalue weighted by molar-refractivity contribution is 6.35. The van der Waals surface area contributed by atoms with Crippen LogP contribution in [0.25, 0.3) is 10.9 Å². The molecule has 0 aliphatic carbocycles. The minimum Gasteiger partial charge on any atom is -0.371 e. The van der Waals surface area contributed by atoms with Gasteiger partial charge in [-0.15, -0.1) is 0 Å². The van der Waals surface area contributed by atoms with Gasteiger partial charge < -0.3 is 9.72 Å². The summed E-state index contributed by atoms with van der Waals surface area (Å²) in [5.41, 5.74) is 1.13. The Balaban J connectivity index is 2.33. The van der Waals surface area contributed by atoms with Crippen LogP contribution in [0.15, 0.2) is 12.1 Å². The third kappa shape index (κ3) is 2.32. The van der Waals surface area contributed by atoms with Gasteiger partial charge in [-0.3, -0.25) is 0 Å². The minimum atomic E-state index is -4.40. The Morgan fingerprint density at radius 3 is 2.67 bits per heavy atom. The van der Waals surface area contributed by atoms with Crippen molar-refractivity contribution < 1.29 is 17.9 Å². The highest BCUT2D eigenvalue weighted by Gasteiger charge is 2.37. The molecule has 114 valence electrons. The van der Waals surface area contributed by atoms with Crippen molar-refractivity contribution in [3.8, 4) is 0 Å². The zero-order valence-corrected chi connectivity index (χ0v) is 12.4. The van der Waals surface area contributed by atoms with Gasteiger partial charge in [0.1, 0.15) is 0 Å². The molecule has 1 aromatic carbocycles. The van der Waals surface area contributed by atoms with E-state index >= 15 is 0 Å². The number of hydrogen-bond donors (Lipinski definition) is 1. The molecule has 1 aromatic heterocycles. The van der Waals surface area contributed by atoms with Crippen molar-refractivity contribution in [3.63, 3.8) is 0 Å². The van der Waals surface area contributed by atoms with Crippen LogP contribution in [0.3, 0.4) is 0 Å². The topological polar surface area (TPSA) is 25.0 Å². The number of aromatic amines is 1. The van der Waals surface area contributed by atoms with E-state index < -0.39 is 11.7 Å². The standard InChI is InChI=1S/C15H15ClF3NO/c1-7(2)14-12-8(5-6-21-14)11-9(15(17,18)19)3-4-10(16)13(11)20-12/h3-4,7,14,20H,5-6H2,1-2H3. The Bertz CT molecular complexity index is 690. The van der Waals surface area contributed by atoms with Crippen molar-refractivity contribution in [2.75, 3.05) is 6.61 Å². The first kappa shape index (κ1) is 14.7. The fourth-order valence-corrected chi connectivity index (χ4v) is 3.20. The summed E-state index contributed by atoms with van der Waals surface area (Å²) in [7, 11) is 0. The summed E-state index contributed by atoms with van der Waals surface area (Å²) in [5, 5.41) is 0.494. The molecule has 1 atom stereocenters. The monoisotopic (exact) mass is 317 g/mol. The summed E-state index contributed by atoms with van der Waals surface area (Å²) >= 11 is 6.09. The average Bonchev–Trinajstić information content (AvgIpc) is 2.77. The van der Waals surface area contributed by atoms with Gasteiger partial charge in [-0.1, -0.05) is 25.4 Å². The summed E-state index contributed by atoms with van der Waals surface area (Å²) < 4.78 is 45.5. The maximum Gasteiger partial charge on any atom is 0.417 e. The Morgan fingerprint density at radius 1 is 1.33 bits per heavy atom. The average molecular weight is 318 g/mol. The van der Waals surface area contributed by atoms with Crippen LogP contribution in [0.1, 0.15) is 36.8 Å². The van der Waals surface area contributed by atoms with E-state index in [9.17, 15) is 13.2 Å². The van der Waals surface area contributed by atoms with Gasteiger partial charge in [0.15, 0.2) is 0 Å². The van der Waals surface area contributed by atoms with Gasteiger partial charge in [0.2, 0.25) is 0 Å². The van der Waals surface area contributed by atoms with E-state index in [-0.39, 0.29) is 17.4 Å². The van der Waals surface area contributed by atoms with E-state index in [1.807, 2.05) is 13.8 Å². The summed E-state index contributed by atoms with van der Waals surface area (Å²) in [6.07, 6.45) is -4.16. The van der Waals surface area contributed by atoms with Crippen LogP contribution in [0.4, 0.5) is 13.2 Å². The largest absolute Gasteiger partial charge is 0.417 e. The second kappa shape index (κ2) is 4.92. The fourth-order valence-electron chi connectivity index (χ4n) is 2.99. The molecule has 3 rings (SSSR count). The van der Waals surface area contributed by atoms with E-state index in [0.717, 1.165) is 11.8 Å². The molecule has 0 radical (unpaired) electrons. The number of fused-ring (bicyclic) bond motifs is 3. The molecule has 2 heterocycles. The van der Waals surface area contributed by atoms with Gasteiger partial charge in [0.25, 0.3) is 0 Å². The van der Waals surface area contributed by atoms with Crippen LogP contribution in [0.2, 0.25) is 5.02 Å². The highest BCUT2D eigenvalue weighted by atomic mass is 35.5. The third-order valence-corrected chi connectivity index (χ3v) is 4.20. The molecule has 0 spiro atoms. The molecule has 1 N–H and O–H groups in total. The number of ether oxygens (including phenoxy) is 1. The molecule has 21 heavy (non-hydrogen) atoms. The number of halogens is 4. The quantitative estimate of drug-likeness (QED) is 0.776. The normalized spacial score (nSPS) is 19.3. The van der Waals surface area contributed by atoms with Crippen LogP contribution in [0, 0.1) is 5.92 Å². The van der Waals surface area contributed by atoms with E-state index in [1.54, 1.807) is 0 Å². The predicted octanol–water partition coefficient (Wildman–Crippen LogP) is 5.11. The lowest BCUT2D eigenvalue weighted by atomic mass is 9.94. The summed E-state index contributed by atoms with van der Waals surface area (Å²) in [4.78, 5) is 3.07. The maximum absolute atomic E-state index is 13.3. The van der Waals surface area contributed by atoms with Crippen LogP contribution >= 0.6 is 11.6 Å². The zero-order valence-electron chi connectivity index (χ0n) is 11.6. The predicted molar refractivity (Wildman–Crippen MR) is 75.5 cm³/mol. The number of rotatable bonds is 1. The first-order chi connectivity index (χ1) is 9.80. The molecular weight excluding hydrogens is 303 g/mol. The van der Waals surface area contributed by atoms with Gasteiger partial charge in [0, 0.05) is 11.1 Å². The molecule has 2 aromatic rings. The molecule has 0 amide bonds. The van der Waals surface area contributed by atoms with Crippen molar-refractivity contribution in [1.29, 1.82) is 0 Å². The van der Waals surface area contributed by atoms with Crippen molar-refractivity contribution in [2.24, 2.45) is 5.92 Å². The number of benzene rings is 1. The Labute approximate surface area is 125 Å². The van der Waals surface area contributed by atoms with Gasteiger partial charge in [0.05, 0.1) is 28.8 Å². The number of hydrogen-bond acceptors (Lipinski definition) is 1. The maximum atomic E-state index is 13.3. The van der Waals surface area contributed by atoms with Crippen molar-refractivity contribution in [1.82, 2.24) is 4.98 Å². The smallest absolute Gasteiger partial charge is 0.371 e. The summed E-state index contributed by atoms with van der Waals surface area (Å²) in [6, 6.07) is 2.35. The summed E-state index contributed by atoms with van der Waals surface area (Å²) in [6.45, 7) is 4.39. The van der Waals surface area contributed by atoms with Gasteiger partial charge in [-0.2, -0.15) is 13.2 Å². The fraction of sp³-hybridized carbons (Fsp3) is 0.467. The highest BCUT2D eigenvalue weighted by Crippen LogP contribution is 2.44. The van der Waals surface area contributed by atoms with Crippen molar-refractivity contribution in [3.05, 3.63) is 34.0 Å². The zero-order chi connectivity index (χ0) is 15.4. The Hall–Kier alpha value is -1.20. The second-order valence-electron chi connectivity index (χ2n) is 5.65. The Morgan fingerprint density at radius 2 is 2.05 bits per heavy atom. The first-order valence-corrected chi connectivity index (χ1v) is 7.20. The van der Waals surface area contributed by atoms with Gasteiger partial charge in [-0.25, -0.2) is 0 Å². The van der Waals surface area contributed by atoms with Crippen LogP contribution < -0.4 is 0 Å². The van der Waals surface area contributed by atoms with Crippen molar-refractivity contribution >= 4 is 22.5 Å². The molecule has 0 fully saturated rings. The SMILES string of the molecule is CC(C)C1OCCc2c1[nH]c1c(Cl)ccc(C(F)(F)F)c21. The van der Waals surface area contributed by atoms with Crippen molar-refractivity contribution in [2.45, 2.75) is 32.5 Å². The molecule has 1 unspecified atom stereocenters. The second-order valence-corrected chi connectivity index (χ2v) is 6.05. The lowest BCUT2D eigenvalue weighted by molar-refractivity contribution is -0.136. The van der Waals surface area contributed by atoms with Gasteiger partial charge >= 0.3 is 6.18 Å². The van der Waals surface area contributed by atoms with E-state index in [4.69, 9.17) is 16.3 Å². The number of alkyl halides is 3.